The van der Waals surface area contributed by atoms with Gasteiger partial charge in [-0.1, -0.05) is 23.7 Å². The third-order valence-corrected chi connectivity index (χ3v) is 2.63. The molecule has 2 aromatic carbocycles. The molecule has 2 N–H and O–H groups in total. The Hall–Kier alpha value is -1.88. The van der Waals surface area contributed by atoms with Gasteiger partial charge in [0.2, 0.25) is 0 Å². The lowest BCUT2D eigenvalue weighted by atomic mass is 10.2. The molecule has 0 unspecified atom stereocenters. The number of rotatable bonds is 2. The molecule has 0 aliphatic carbocycles. The van der Waals surface area contributed by atoms with Crippen molar-refractivity contribution in [3.05, 3.63) is 53.1 Å². The molecule has 0 bridgehead atoms. The highest BCUT2D eigenvalue weighted by Crippen LogP contribution is 2.36. The van der Waals surface area contributed by atoms with Crippen molar-refractivity contribution in [2.75, 3.05) is 5.73 Å². The van der Waals surface area contributed by atoms with E-state index in [0.717, 1.165) is 12.1 Å². The number of nitrogen functional groups attached to an aromatic ring is 1. The van der Waals surface area contributed by atoms with E-state index in [4.69, 9.17) is 22.1 Å². The van der Waals surface area contributed by atoms with Crippen LogP contribution in [0.5, 0.6) is 11.5 Å². The van der Waals surface area contributed by atoms with Crippen molar-refractivity contribution in [2.24, 2.45) is 0 Å². The van der Waals surface area contributed by atoms with E-state index in [1.165, 1.54) is 6.07 Å². The first-order chi connectivity index (χ1) is 8.86. The molecule has 0 spiro atoms. The smallest absolute Gasteiger partial charge is 0.416 e. The fraction of sp³-hybridized carbons (Fsp3) is 0.0769. The minimum absolute atomic E-state index is 0.0135. The predicted octanol–water partition coefficient (Wildman–Crippen LogP) is 4.73. The molecule has 0 amide bonds. The summed E-state index contributed by atoms with van der Waals surface area (Å²) in [6.07, 6.45) is -4.48. The third-order valence-electron chi connectivity index (χ3n) is 2.32. The number of alkyl halides is 3. The van der Waals surface area contributed by atoms with Crippen LogP contribution in [0.1, 0.15) is 5.56 Å². The number of nitrogens with two attached hydrogens (primary N) is 1. The van der Waals surface area contributed by atoms with Crippen molar-refractivity contribution in [1.82, 2.24) is 0 Å². The van der Waals surface area contributed by atoms with Crippen LogP contribution in [0.15, 0.2) is 42.5 Å². The maximum absolute atomic E-state index is 12.6. The van der Waals surface area contributed by atoms with Gasteiger partial charge in [-0.3, -0.25) is 0 Å². The second kappa shape index (κ2) is 5.01. The molecule has 19 heavy (non-hydrogen) atoms. The average Bonchev–Trinajstić information content (AvgIpc) is 2.30. The number of anilines is 1. The van der Waals surface area contributed by atoms with Gasteiger partial charge in [-0.25, -0.2) is 0 Å². The van der Waals surface area contributed by atoms with Crippen LogP contribution < -0.4 is 10.5 Å². The number of halogens is 4. The van der Waals surface area contributed by atoms with Crippen LogP contribution in [-0.2, 0) is 6.18 Å². The Bertz CT molecular complexity index is 599. The summed E-state index contributed by atoms with van der Waals surface area (Å²) in [5.41, 5.74) is 4.54. The first-order valence-electron chi connectivity index (χ1n) is 5.26. The van der Waals surface area contributed by atoms with Crippen molar-refractivity contribution in [3.8, 4) is 11.5 Å². The van der Waals surface area contributed by atoms with E-state index in [0.29, 0.717) is 5.02 Å². The molecule has 100 valence electrons. The van der Waals surface area contributed by atoms with E-state index in [-0.39, 0.29) is 17.2 Å². The summed E-state index contributed by atoms with van der Waals surface area (Å²) in [5, 5.41) is 0.304. The molecule has 2 nitrogen and oxygen atoms in total. The normalized spacial score (nSPS) is 11.4. The summed E-state index contributed by atoms with van der Waals surface area (Å²) in [6, 6.07) is 9.51. The first kappa shape index (κ1) is 13.5. The SMILES string of the molecule is Nc1cc(Oc2ccccc2Cl)cc(C(F)(F)F)c1. The lowest BCUT2D eigenvalue weighted by molar-refractivity contribution is -0.137. The zero-order valence-corrected chi connectivity index (χ0v) is 10.3. The molecule has 0 aromatic heterocycles. The number of ether oxygens (including phenoxy) is 1. The number of para-hydroxylation sites is 1. The second-order valence-corrected chi connectivity index (χ2v) is 4.23. The fourth-order valence-corrected chi connectivity index (χ4v) is 1.67. The Labute approximate surface area is 112 Å². The Morgan fingerprint density at radius 1 is 1.05 bits per heavy atom. The van der Waals surface area contributed by atoms with E-state index in [9.17, 15) is 13.2 Å². The van der Waals surface area contributed by atoms with Crippen molar-refractivity contribution >= 4 is 17.3 Å². The van der Waals surface area contributed by atoms with Crippen molar-refractivity contribution in [1.29, 1.82) is 0 Å². The van der Waals surface area contributed by atoms with E-state index in [1.807, 2.05) is 0 Å². The van der Waals surface area contributed by atoms with Gasteiger partial charge in [0.05, 0.1) is 10.6 Å². The Morgan fingerprint density at radius 2 is 1.74 bits per heavy atom. The number of hydrogen-bond acceptors (Lipinski definition) is 2. The second-order valence-electron chi connectivity index (χ2n) is 3.82. The summed E-state index contributed by atoms with van der Waals surface area (Å²) in [6.45, 7) is 0. The predicted molar refractivity (Wildman–Crippen MR) is 67.4 cm³/mol. The van der Waals surface area contributed by atoms with Crippen LogP contribution in [0.4, 0.5) is 18.9 Å². The molecule has 2 rings (SSSR count). The summed E-state index contributed by atoms with van der Waals surface area (Å²) in [4.78, 5) is 0. The van der Waals surface area contributed by atoms with Gasteiger partial charge < -0.3 is 10.5 Å². The molecule has 0 saturated carbocycles. The van der Waals surface area contributed by atoms with Crippen LogP contribution in [-0.4, -0.2) is 0 Å². The number of hydrogen-bond donors (Lipinski definition) is 1. The highest BCUT2D eigenvalue weighted by atomic mass is 35.5. The molecule has 0 heterocycles. The van der Waals surface area contributed by atoms with E-state index < -0.39 is 11.7 Å². The minimum atomic E-state index is -4.48. The van der Waals surface area contributed by atoms with Gasteiger partial charge in [0.1, 0.15) is 11.5 Å². The molecule has 0 aliphatic heterocycles. The summed E-state index contributed by atoms with van der Waals surface area (Å²) >= 11 is 5.87. The van der Waals surface area contributed by atoms with Gasteiger partial charge in [0, 0.05) is 11.8 Å². The van der Waals surface area contributed by atoms with Gasteiger partial charge in [-0.15, -0.1) is 0 Å². The van der Waals surface area contributed by atoms with Crippen molar-refractivity contribution in [3.63, 3.8) is 0 Å². The monoisotopic (exact) mass is 287 g/mol. The topological polar surface area (TPSA) is 35.2 Å². The van der Waals surface area contributed by atoms with Crippen LogP contribution in [0.25, 0.3) is 0 Å². The van der Waals surface area contributed by atoms with Crippen LogP contribution in [0, 0.1) is 0 Å². The molecular weight excluding hydrogens is 279 g/mol. The summed E-state index contributed by atoms with van der Waals surface area (Å²) in [5.74, 6) is 0.253. The first-order valence-corrected chi connectivity index (χ1v) is 5.64. The minimum Gasteiger partial charge on any atom is -0.456 e. The quantitative estimate of drug-likeness (QED) is 0.810. The fourth-order valence-electron chi connectivity index (χ4n) is 1.50. The van der Waals surface area contributed by atoms with E-state index in [2.05, 4.69) is 0 Å². The standard InChI is InChI=1S/C13H9ClF3NO/c14-11-3-1-2-4-12(11)19-10-6-8(13(15,16)17)5-9(18)7-10/h1-7H,18H2. The molecule has 0 fully saturated rings. The van der Waals surface area contributed by atoms with E-state index in [1.54, 1.807) is 24.3 Å². The molecule has 0 atom stereocenters. The third kappa shape index (κ3) is 3.32. The molecule has 0 saturated heterocycles. The van der Waals surface area contributed by atoms with Gasteiger partial charge in [0.25, 0.3) is 0 Å². The average molecular weight is 288 g/mol. The zero-order chi connectivity index (χ0) is 14.0. The van der Waals surface area contributed by atoms with Gasteiger partial charge in [-0.05, 0) is 24.3 Å². The largest absolute Gasteiger partial charge is 0.456 e. The maximum atomic E-state index is 12.6. The molecule has 0 radical (unpaired) electrons. The maximum Gasteiger partial charge on any atom is 0.416 e. The lowest BCUT2D eigenvalue weighted by Crippen LogP contribution is -2.06. The highest BCUT2D eigenvalue weighted by molar-refractivity contribution is 6.32. The summed E-state index contributed by atoms with van der Waals surface area (Å²) < 4.78 is 43.2. The Balaban J connectivity index is 2.36. The van der Waals surface area contributed by atoms with Gasteiger partial charge in [0.15, 0.2) is 0 Å². The summed E-state index contributed by atoms with van der Waals surface area (Å²) in [7, 11) is 0. The zero-order valence-electron chi connectivity index (χ0n) is 9.54. The molecule has 6 heteroatoms. The van der Waals surface area contributed by atoms with Gasteiger partial charge in [-0.2, -0.15) is 13.2 Å². The lowest BCUT2D eigenvalue weighted by Gasteiger charge is -2.12. The molecule has 0 aliphatic rings. The van der Waals surface area contributed by atoms with Crippen LogP contribution in [0.3, 0.4) is 0 Å². The molecular formula is C13H9ClF3NO. The van der Waals surface area contributed by atoms with Crippen molar-refractivity contribution in [2.45, 2.75) is 6.18 Å². The van der Waals surface area contributed by atoms with E-state index >= 15 is 0 Å². The highest BCUT2D eigenvalue weighted by Gasteiger charge is 2.31. The molecule has 2 aromatic rings. The Kier molecular flexibility index (Phi) is 3.57. The Morgan fingerprint density at radius 3 is 2.37 bits per heavy atom. The van der Waals surface area contributed by atoms with Crippen molar-refractivity contribution < 1.29 is 17.9 Å². The van der Waals surface area contributed by atoms with Crippen LogP contribution in [0.2, 0.25) is 5.02 Å². The van der Waals surface area contributed by atoms with Gasteiger partial charge >= 0.3 is 6.18 Å². The number of benzene rings is 2. The van der Waals surface area contributed by atoms with Crippen LogP contribution >= 0.6 is 11.6 Å².